The average Bonchev–Trinajstić information content (AvgIpc) is 3.32. The van der Waals surface area contributed by atoms with E-state index in [0.717, 1.165) is 30.1 Å². The predicted molar refractivity (Wildman–Crippen MR) is 145 cm³/mol. The maximum atomic E-state index is 15.2. The number of fused-ring (bicyclic) bond motifs is 2. The lowest BCUT2D eigenvalue weighted by atomic mass is 9.81. The first-order valence-corrected chi connectivity index (χ1v) is 13.9. The van der Waals surface area contributed by atoms with Crippen molar-refractivity contribution >= 4 is 51.6 Å². The van der Waals surface area contributed by atoms with Gasteiger partial charge >= 0.3 is 0 Å². The first-order valence-electron chi connectivity index (χ1n) is 12.7. The van der Waals surface area contributed by atoms with Crippen LogP contribution < -0.4 is 10.6 Å². The van der Waals surface area contributed by atoms with Crippen LogP contribution in [-0.4, -0.2) is 82.5 Å². The predicted octanol–water partition coefficient (Wildman–Crippen LogP) is 2.65. The first-order chi connectivity index (χ1) is 18.6. The summed E-state index contributed by atoms with van der Waals surface area (Å²) in [4.78, 5) is 48.5. The molecule has 1 fully saturated rings. The summed E-state index contributed by atoms with van der Waals surface area (Å²) in [6.45, 7) is 1.62. The molecule has 3 atom stereocenters. The highest BCUT2D eigenvalue weighted by atomic mass is 35.5. The van der Waals surface area contributed by atoms with Crippen LogP contribution in [-0.2, 0) is 17.8 Å². The molecule has 2 aromatic heterocycles. The number of halogens is 2. The van der Waals surface area contributed by atoms with Crippen molar-refractivity contribution in [1.82, 2.24) is 35.6 Å². The normalized spacial score (nSPS) is 21.3. The minimum atomic E-state index is -0.801. The average molecular weight is 574 g/mol. The maximum absolute atomic E-state index is 15.2. The van der Waals surface area contributed by atoms with Gasteiger partial charge in [0.15, 0.2) is 16.5 Å². The van der Waals surface area contributed by atoms with E-state index < -0.39 is 29.5 Å². The highest BCUT2D eigenvalue weighted by Gasteiger charge is 2.37. The number of rotatable bonds is 5. The summed E-state index contributed by atoms with van der Waals surface area (Å²) in [6.07, 6.45) is 2.03. The largest absolute Gasteiger partial charge is 0.349 e. The Morgan fingerprint density at radius 3 is 2.67 bits per heavy atom. The van der Waals surface area contributed by atoms with Gasteiger partial charge in [0, 0.05) is 60.9 Å². The zero-order valence-corrected chi connectivity index (χ0v) is 23.4. The lowest BCUT2D eigenvalue weighted by molar-refractivity contribution is -0.134. The van der Waals surface area contributed by atoms with Crippen molar-refractivity contribution in [2.24, 2.45) is 5.92 Å². The number of benzene rings is 1. The summed E-state index contributed by atoms with van der Waals surface area (Å²) < 4.78 is 15.2. The van der Waals surface area contributed by atoms with Crippen molar-refractivity contribution in [3.05, 3.63) is 50.3 Å². The van der Waals surface area contributed by atoms with Gasteiger partial charge in [0.1, 0.15) is 0 Å². The molecule has 39 heavy (non-hydrogen) atoms. The van der Waals surface area contributed by atoms with Gasteiger partial charge in [-0.3, -0.25) is 14.4 Å². The summed E-state index contributed by atoms with van der Waals surface area (Å²) in [5.41, 5.74) is 0.726. The van der Waals surface area contributed by atoms with Gasteiger partial charge in [-0.1, -0.05) is 11.6 Å². The van der Waals surface area contributed by atoms with Crippen LogP contribution in [0.3, 0.4) is 0 Å². The van der Waals surface area contributed by atoms with Crippen LogP contribution in [0.25, 0.3) is 10.9 Å². The van der Waals surface area contributed by atoms with E-state index in [4.69, 9.17) is 11.6 Å². The molecular formula is C26H29ClFN7O3S. The van der Waals surface area contributed by atoms with Crippen molar-refractivity contribution in [1.29, 1.82) is 0 Å². The Bertz CT molecular complexity index is 1450. The van der Waals surface area contributed by atoms with E-state index in [2.05, 4.69) is 30.7 Å². The standard InChI is InChI=1S/C26H29ClFN7O3S/c1-34(2)26(38)13-4-7-16(29-23(36)22-21(28)15-6-5-14(27)11-18(15)32-33-22)19(10-13)30-24(37)25-31-17-8-9-35(3)12-20(17)39-25/h5-6,11,13,16,19H,4,7-10,12H2,1-3H3,(H,29,36)(H,30,37)/t13-,16-,19-/m0/s1. The zero-order chi connectivity index (χ0) is 27.8. The highest BCUT2D eigenvalue weighted by Crippen LogP contribution is 2.29. The minimum absolute atomic E-state index is 0.0446. The third-order valence-electron chi connectivity index (χ3n) is 7.27. The first kappa shape index (κ1) is 27.4. The number of hydrogen-bond donors (Lipinski definition) is 2. The third-order valence-corrected chi connectivity index (χ3v) is 8.58. The van der Waals surface area contributed by atoms with Crippen molar-refractivity contribution in [3.63, 3.8) is 0 Å². The van der Waals surface area contributed by atoms with E-state index in [1.807, 2.05) is 7.05 Å². The summed E-state index contributed by atoms with van der Waals surface area (Å²) in [5.74, 6) is -2.26. The second kappa shape index (κ2) is 11.1. The monoisotopic (exact) mass is 573 g/mol. The molecule has 13 heteroatoms. The van der Waals surface area contributed by atoms with Crippen LogP contribution in [0.15, 0.2) is 18.2 Å². The van der Waals surface area contributed by atoms with Crippen molar-refractivity contribution in [3.8, 4) is 0 Å². The number of likely N-dealkylation sites (N-methyl/N-ethyl adjacent to an activating group) is 1. The lowest BCUT2D eigenvalue weighted by Gasteiger charge is -2.37. The molecule has 0 radical (unpaired) electrons. The van der Waals surface area contributed by atoms with E-state index in [-0.39, 0.29) is 28.6 Å². The molecule has 0 spiro atoms. The molecule has 1 aliphatic carbocycles. The van der Waals surface area contributed by atoms with Gasteiger partial charge in [0.05, 0.1) is 17.3 Å². The lowest BCUT2D eigenvalue weighted by Crippen LogP contribution is -2.56. The number of nitrogens with one attached hydrogen (secondary N) is 2. The van der Waals surface area contributed by atoms with Gasteiger partial charge < -0.3 is 20.4 Å². The summed E-state index contributed by atoms with van der Waals surface area (Å²) in [6, 6.07) is 3.32. The summed E-state index contributed by atoms with van der Waals surface area (Å²) >= 11 is 7.32. The molecule has 10 nitrogen and oxygen atoms in total. The van der Waals surface area contributed by atoms with Crippen LogP contribution >= 0.6 is 22.9 Å². The highest BCUT2D eigenvalue weighted by molar-refractivity contribution is 7.13. The van der Waals surface area contributed by atoms with Crippen LogP contribution in [0, 0.1) is 11.7 Å². The van der Waals surface area contributed by atoms with Crippen LogP contribution in [0.1, 0.15) is 50.1 Å². The smallest absolute Gasteiger partial charge is 0.280 e. The molecule has 0 saturated heterocycles. The topological polar surface area (TPSA) is 120 Å². The number of carbonyl (C=O) groups excluding carboxylic acids is 3. The van der Waals surface area contributed by atoms with Gasteiger partial charge in [-0.25, -0.2) is 9.37 Å². The number of hydrogen-bond acceptors (Lipinski definition) is 8. The van der Waals surface area contributed by atoms with Gasteiger partial charge in [-0.2, -0.15) is 0 Å². The number of carbonyl (C=O) groups is 3. The molecule has 0 bridgehead atoms. The molecule has 2 aliphatic rings. The Balaban J connectivity index is 1.36. The Hall–Kier alpha value is -3.22. The Labute approximate surface area is 233 Å². The summed E-state index contributed by atoms with van der Waals surface area (Å²) in [5, 5.41) is 14.4. The fourth-order valence-electron chi connectivity index (χ4n) is 5.17. The Kier molecular flexibility index (Phi) is 7.79. The quantitative estimate of drug-likeness (QED) is 0.481. The van der Waals surface area contributed by atoms with Crippen molar-refractivity contribution in [2.45, 2.75) is 44.3 Å². The zero-order valence-electron chi connectivity index (χ0n) is 21.8. The second-order valence-electron chi connectivity index (χ2n) is 10.3. The molecule has 3 aromatic rings. The molecule has 3 amide bonds. The van der Waals surface area contributed by atoms with Gasteiger partial charge in [0.25, 0.3) is 11.8 Å². The molecular weight excluding hydrogens is 545 g/mol. The van der Waals surface area contributed by atoms with Crippen LogP contribution in [0.2, 0.25) is 5.02 Å². The fourth-order valence-corrected chi connectivity index (χ4v) is 6.43. The SMILES string of the molecule is CN1CCc2nc(C(=O)N[C@H]3C[C@@H](C(=O)N(C)C)CC[C@@H]3NC(=O)c3nnc4cc(Cl)ccc4c3F)sc2C1. The van der Waals surface area contributed by atoms with E-state index in [1.54, 1.807) is 14.1 Å². The van der Waals surface area contributed by atoms with E-state index in [1.165, 1.54) is 34.4 Å². The molecule has 206 valence electrons. The van der Waals surface area contributed by atoms with E-state index in [9.17, 15) is 14.4 Å². The van der Waals surface area contributed by atoms with Gasteiger partial charge in [0.2, 0.25) is 5.91 Å². The molecule has 1 aromatic carbocycles. The molecule has 2 N–H and O–H groups in total. The number of thiazole rings is 1. The fraction of sp³-hybridized carbons (Fsp3) is 0.462. The molecule has 5 rings (SSSR count). The summed E-state index contributed by atoms with van der Waals surface area (Å²) in [7, 11) is 5.40. The molecule has 1 aliphatic heterocycles. The third kappa shape index (κ3) is 5.73. The van der Waals surface area contributed by atoms with E-state index >= 15 is 4.39 Å². The Morgan fingerprint density at radius 1 is 1.13 bits per heavy atom. The Morgan fingerprint density at radius 2 is 1.90 bits per heavy atom. The van der Waals surface area contributed by atoms with Crippen molar-refractivity contribution in [2.75, 3.05) is 27.7 Å². The maximum Gasteiger partial charge on any atom is 0.280 e. The minimum Gasteiger partial charge on any atom is -0.349 e. The van der Waals surface area contributed by atoms with Crippen LogP contribution in [0.4, 0.5) is 4.39 Å². The van der Waals surface area contributed by atoms with Gasteiger partial charge in [-0.15, -0.1) is 21.5 Å². The van der Waals surface area contributed by atoms with Crippen LogP contribution in [0.5, 0.6) is 0 Å². The number of aromatic nitrogens is 3. The van der Waals surface area contributed by atoms with Gasteiger partial charge in [-0.05, 0) is 44.5 Å². The second-order valence-corrected chi connectivity index (χ2v) is 11.8. The van der Waals surface area contributed by atoms with E-state index in [0.29, 0.717) is 29.3 Å². The molecule has 0 unspecified atom stereocenters. The molecule has 1 saturated carbocycles. The number of nitrogens with zero attached hydrogens (tertiary/aromatic N) is 5. The number of amides is 3. The van der Waals surface area contributed by atoms with Crippen molar-refractivity contribution < 1.29 is 18.8 Å². The molecule has 3 heterocycles.